The van der Waals surface area contributed by atoms with Crippen molar-refractivity contribution in [1.82, 2.24) is 14.5 Å². The largest absolute Gasteiger partial charge is 0.478 e. The molecule has 0 fully saturated rings. The molecule has 0 unspecified atom stereocenters. The van der Waals surface area contributed by atoms with Crippen molar-refractivity contribution in [2.24, 2.45) is 5.73 Å². The molecular weight excluding hydrogens is 420 g/mol. The number of hydrogen-bond acceptors (Lipinski definition) is 5. The molecule has 2 aromatic heterocycles. The average Bonchev–Trinajstić information content (AvgIpc) is 3.20. The molecule has 8 heteroatoms. The Bertz CT molecular complexity index is 1070. The van der Waals surface area contributed by atoms with E-state index in [2.05, 4.69) is 50.8 Å². The summed E-state index contributed by atoms with van der Waals surface area (Å²) in [6, 6.07) is 11.8. The Kier molecular flexibility index (Phi) is 7.05. The van der Waals surface area contributed by atoms with Crippen molar-refractivity contribution in [3.63, 3.8) is 0 Å². The minimum Gasteiger partial charge on any atom is -0.478 e. The Morgan fingerprint density at radius 2 is 1.91 bits per heavy atom. The van der Waals surface area contributed by atoms with E-state index >= 15 is 0 Å². The second-order valence-electron chi connectivity index (χ2n) is 9.70. The van der Waals surface area contributed by atoms with E-state index in [1.807, 2.05) is 41.0 Å². The minimum atomic E-state index is -1.99. The summed E-state index contributed by atoms with van der Waals surface area (Å²) in [5.41, 5.74) is 6.55. The molecule has 0 saturated heterocycles. The van der Waals surface area contributed by atoms with Crippen LogP contribution in [0.15, 0.2) is 48.9 Å². The molecule has 32 heavy (non-hydrogen) atoms. The highest BCUT2D eigenvalue weighted by Crippen LogP contribution is 2.38. The van der Waals surface area contributed by atoms with Gasteiger partial charge >= 0.3 is 0 Å². The molecule has 172 valence electrons. The molecule has 7 nitrogen and oxygen atoms in total. The van der Waals surface area contributed by atoms with E-state index in [4.69, 9.17) is 14.9 Å². The molecule has 1 amide bonds. The Morgan fingerprint density at radius 1 is 1.19 bits per heavy atom. The fraction of sp³-hybridized carbons (Fsp3) is 0.458. The van der Waals surface area contributed by atoms with Gasteiger partial charge in [0.15, 0.2) is 8.32 Å². The van der Waals surface area contributed by atoms with Crippen molar-refractivity contribution >= 4 is 25.1 Å². The second kappa shape index (κ2) is 9.42. The monoisotopic (exact) mass is 454 g/mol. The SMILES string of the molecule is C[C@H](O[Si](C)(C)C(C)(C)C)[C@@H](CCOc1ccc2ccccc2n1)n1cnc(C(N)=O)c1. The number of para-hydroxylation sites is 1. The van der Waals surface area contributed by atoms with E-state index in [0.29, 0.717) is 18.9 Å². The number of pyridine rings is 1. The van der Waals surface area contributed by atoms with Gasteiger partial charge in [0.2, 0.25) is 5.88 Å². The van der Waals surface area contributed by atoms with Gasteiger partial charge in [0.1, 0.15) is 5.69 Å². The third-order valence-electron chi connectivity index (χ3n) is 6.30. The van der Waals surface area contributed by atoms with Crippen LogP contribution in [-0.4, -0.2) is 41.5 Å². The summed E-state index contributed by atoms with van der Waals surface area (Å²) in [7, 11) is -1.99. The van der Waals surface area contributed by atoms with Crippen molar-refractivity contribution in [2.45, 2.75) is 64.4 Å². The van der Waals surface area contributed by atoms with Gasteiger partial charge in [-0.1, -0.05) is 39.0 Å². The normalized spacial score (nSPS) is 14.3. The topological polar surface area (TPSA) is 92.3 Å². The van der Waals surface area contributed by atoms with E-state index in [0.717, 1.165) is 10.9 Å². The Morgan fingerprint density at radius 3 is 2.56 bits per heavy atom. The van der Waals surface area contributed by atoms with E-state index in [9.17, 15) is 4.79 Å². The molecule has 3 aromatic rings. The van der Waals surface area contributed by atoms with E-state index in [-0.39, 0.29) is 22.9 Å². The van der Waals surface area contributed by atoms with Crippen molar-refractivity contribution in [2.75, 3.05) is 6.61 Å². The Balaban J connectivity index is 1.75. The zero-order valence-electron chi connectivity index (χ0n) is 19.8. The highest BCUT2D eigenvalue weighted by atomic mass is 28.4. The van der Waals surface area contributed by atoms with Crippen molar-refractivity contribution in [1.29, 1.82) is 0 Å². The maximum Gasteiger partial charge on any atom is 0.268 e. The first-order valence-electron chi connectivity index (χ1n) is 11.0. The maximum atomic E-state index is 11.6. The predicted octanol–water partition coefficient (Wildman–Crippen LogP) is 4.95. The molecule has 1 aromatic carbocycles. The summed E-state index contributed by atoms with van der Waals surface area (Å²) in [5.74, 6) is 0.0426. The van der Waals surface area contributed by atoms with Crippen LogP contribution in [0.25, 0.3) is 10.9 Å². The molecule has 0 radical (unpaired) electrons. The van der Waals surface area contributed by atoms with Gasteiger partial charge in [-0.15, -0.1) is 0 Å². The summed E-state index contributed by atoms with van der Waals surface area (Å²) >= 11 is 0. The van der Waals surface area contributed by atoms with Crippen LogP contribution >= 0.6 is 0 Å². The van der Waals surface area contributed by atoms with Crippen LogP contribution in [0.4, 0.5) is 0 Å². The molecular formula is C24H34N4O3Si. The third kappa shape index (κ3) is 5.55. The van der Waals surface area contributed by atoms with Crippen LogP contribution in [0.3, 0.4) is 0 Å². The first-order valence-corrected chi connectivity index (χ1v) is 13.9. The van der Waals surface area contributed by atoms with Gasteiger partial charge in [0.05, 0.1) is 30.6 Å². The van der Waals surface area contributed by atoms with Crippen LogP contribution in [0.1, 0.15) is 50.6 Å². The molecule has 0 saturated carbocycles. The number of hydrogen-bond donors (Lipinski definition) is 1. The van der Waals surface area contributed by atoms with Gasteiger partial charge in [-0.25, -0.2) is 9.97 Å². The standard InChI is InChI=1S/C24H34N4O3Si/c1-17(31-32(5,6)24(2,3)4)21(28-15-20(23(25)29)26-16-28)13-14-30-22-12-11-18-9-7-8-10-19(18)27-22/h7-12,15-17,21H,13-14H2,1-6H3,(H2,25,29)/t17-,21+/m0/s1. The van der Waals surface area contributed by atoms with Gasteiger partial charge in [-0.3, -0.25) is 4.79 Å². The quantitative estimate of drug-likeness (QED) is 0.462. The number of carbonyl (C=O) groups is 1. The van der Waals surface area contributed by atoms with Crippen LogP contribution in [0, 0.1) is 0 Å². The molecule has 0 bridgehead atoms. The number of rotatable bonds is 9. The summed E-state index contributed by atoms with van der Waals surface area (Å²) in [4.78, 5) is 20.3. The molecule has 2 atom stereocenters. The number of carbonyl (C=O) groups excluding carboxylic acids is 1. The van der Waals surface area contributed by atoms with E-state index in [1.165, 1.54) is 0 Å². The highest BCUT2D eigenvalue weighted by Gasteiger charge is 2.40. The lowest BCUT2D eigenvalue weighted by Crippen LogP contribution is -2.45. The van der Waals surface area contributed by atoms with Crippen LogP contribution < -0.4 is 10.5 Å². The molecule has 0 aliphatic rings. The lowest BCUT2D eigenvalue weighted by molar-refractivity contribution is 0.0994. The maximum absolute atomic E-state index is 11.6. The molecule has 0 spiro atoms. The Labute approximate surface area is 191 Å². The molecule has 3 rings (SSSR count). The van der Waals surface area contributed by atoms with Gasteiger partial charge in [0, 0.05) is 24.1 Å². The molecule has 2 N–H and O–H groups in total. The average molecular weight is 455 g/mol. The van der Waals surface area contributed by atoms with Crippen LogP contribution in [-0.2, 0) is 4.43 Å². The first-order chi connectivity index (χ1) is 15.0. The van der Waals surface area contributed by atoms with Gasteiger partial charge in [-0.05, 0) is 37.2 Å². The first kappa shape index (κ1) is 23.9. The number of benzene rings is 1. The predicted molar refractivity (Wildman–Crippen MR) is 129 cm³/mol. The smallest absolute Gasteiger partial charge is 0.268 e. The number of ether oxygens (including phenoxy) is 1. The number of nitrogens with zero attached hydrogens (tertiary/aromatic N) is 3. The van der Waals surface area contributed by atoms with E-state index < -0.39 is 14.2 Å². The zero-order chi connectivity index (χ0) is 23.5. The molecule has 0 aliphatic carbocycles. The number of imidazole rings is 1. The third-order valence-corrected chi connectivity index (χ3v) is 10.9. The lowest BCUT2D eigenvalue weighted by Gasteiger charge is -2.40. The Hall–Kier alpha value is -2.71. The number of aromatic nitrogens is 3. The summed E-state index contributed by atoms with van der Waals surface area (Å²) in [5, 5.41) is 1.16. The summed E-state index contributed by atoms with van der Waals surface area (Å²) < 4.78 is 14.6. The molecule has 0 aliphatic heterocycles. The minimum absolute atomic E-state index is 0.0646. The number of nitrogens with two attached hydrogens (primary N) is 1. The van der Waals surface area contributed by atoms with Gasteiger partial charge in [0.25, 0.3) is 5.91 Å². The number of fused-ring (bicyclic) bond motifs is 1. The summed E-state index contributed by atoms with van der Waals surface area (Å²) in [6.45, 7) is 13.7. The van der Waals surface area contributed by atoms with Crippen molar-refractivity contribution < 1.29 is 14.0 Å². The van der Waals surface area contributed by atoms with Crippen LogP contribution in [0.5, 0.6) is 5.88 Å². The zero-order valence-corrected chi connectivity index (χ0v) is 20.8. The van der Waals surface area contributed by atoms with Crippen LogP contribution in [0.2, 0.25) is 18.1 Å². The highest BCUT2D eigenvalue weighted by molar-refractivity contribution is 6.74. The number of primary amides is 1. The molecule has 2 heterocycles. The van der Waals surface area contributed by atoms with Crippen molar-refractivity contribution in [3.05, 3.63) is 54.6 Å². The fourth-order valence-electron chi connectivity index (χ4n) is 3.40. The number of amides is 1. The van der Waals surface area contributed by atoms with E-state index in [1.54, 1.807) is 12.5 Å². The fourth-order valence-corrected chi connectivity index (χ4v) is 4.84. The van der Waals surface area contributed by atoms with Crippen molar-refractivity contribution in [3.8, 4) is 5.88 Å². The second-order valence-corrected chi connectivity index (χ2v) is 14.5. The van der Waals surface area contributed by atoms with Gasteiger partial charge < -0.3 is 19.5 Å². The van der Waals surface area contributed by atoms with Gasteiger partial charge in [-0.2, -0.15) is 0 Å². The summed E-state index contributed by atoms with van der Waals surface area (Å²) in [6.07, 6.45) is 3.90. The lowest BCUT2D eigenvalue weighted by atomic mass is 10.1.